The van der Waals surface area contributed by atoms with Gasteiger partial charge in [-0.1, -0.05) is 270 Å². The van der Waals surface area contributed by atoms with Crippen molar-refractivity contribution in [1.82, 2.24) is 0 Å². The van der Waals surface area contributed by atoms with E-state index >= 15 is 0 Å². The van der Waals surface area contributed by atoms with Gasteiger partial charge in [-0.15, -0.1) is 0 Å². The van der Waals surface area contributed by atoms with Crippen LogP contribution in [-0.2, 0) is 16.2 Å². The Morgan fingerprint density at radius 3 is 1.14 bits per heavy atom. The highest BCUT2D eigenvalue weighted by molar-refractivity contribution is 6.11. The number of hydrogen-bond donors (Lipinski definition) is 0. The largest absolute Gasteiger partial charge is 0.455 e. The number of anilines is 6. The minimum Gasteiger partial charge on any atom is -0.455 e. The van der Waals surface area contributed by atoms with E-state index in [0.29, 0.717) is 0 Å². The Kier molecular flexibility index (Phi) is 12.2. The predicted molar refractivity (Wildman–Crippen MR) is 418 cm³/mol. The summed E-state index contributed by atoms with van der Waals surface area (Å²) < 4.78 is 13.4. The molecule has 0 fully saturated rings. The van der Waals surface area contributed by atoms with E-state index in [1.54, 1.807) is 0 Å². The zero-order valence-corrected chi connectivity index (χ0v) is 56.6. The number of benzene rings is 14. The van der Waals surface area contributed by atoms with Crippen LogP contribution >= 0.6 is 0 Å². The van der Waals surface area contributed by atoms with Crippen molar-refractivity contribution in [3.8, 4) is 55.6 Å². The number of furan rings is 2. The van der Waals surface area contributed by atoms with E-state index in [4.69, 9.17) is 8.83 Å². The van der Waals surface area contributed by atoms with Crippen LogP contribution in [0.3, 0.4) is 0 Å². The predicted octanol–water partition coefficient (Wildman–Crippen LogP) is 26.2. The van der Waals surface area contributed by atoms with Gasteiger partial charge in [-0.3, -0.25) is 0 Å². The van der Waals surface area contributed by atoms with Gasteiger partial charge in [-0.25, -0.2) is 0 Å². The summed E-state index contributed by atoms with van der Waals surface area (Å²) in [5.41, 5.74) is 35.8. The first-order chi connectivity index (χ1) is 49.6. The molecular weight excluding hydrogens is 1230 g/mol. The van der Waals surface area contributed by atoms with Gasteiger partial charge in [0.25, 0.3) is 0 Å². The first kappa shape index (κ1) is 57.8. The fourth-order valence-electron chi connectivity index (χ4n) is 18.8. The van der Waals surface area contributed by atoms with Gasteiger partial charge in [0.1, 0.15) is 22.3 Å². The van der Waals surface area contributed by atoms with E-state index in [-0.39, 0.29) is 16.7 Å². The van der Waals surface area contributed by atoms with Crippen molar-refractivity contribution < 1.29 is 8.83 Å². The van der Waals surface area contributed by atoms with Crippen LogP contribution in [-0.4, -0.2) is 0 Å². The molecule has 2 heterocycles. The van der Waals surface area contributed by atoms with E-state index < -0.39 is 5.41 Å². The zero-order valence-electron chi connectivity index (χ0n) is 56.6. The quantitative estimate of drug-likeness (QED) is 0.144. The van der Waals surface area contributed by atoms with Gasteiger partial charge >= 0.3 is 0 Å². The molecule has 0 radical (unpaired) electrons. The maximum atomic E-state index is 6.71. The molecule has 101 heavy (non-hydrogen) atoms. The summed E-state index contributed by atoms with van der Waals surface area (Å²) in [6.07, 6.45) is 5.81. The van der Waals surface area contributed by atoms with Crippen LogP contribution in [0.15, 0.2) is 336 Å². The molecule has 0 amide bonds. The molecule has 1 spiro atoms. The molecule has 0 saturated carbocycles. The number of rotatable bonds is 9. The number of para-hydroxylation sites is 4. The third kappa shape index (κ3) is 8.25. The molecule has 5 aliphatic carbocycles. The Morgan fingerprint density at radius 1 is 0.297 bits per heavy atom. The van der Waals surface area contributed by atoms with Crippen LogP contribution in [0.2, 0.25) is 0 Å². The van der Waals surface area contributed by atoms with Crippen molar-refractivity contribution in [2.24, 2.45) is 0 Å². The molecular formula is C97H68N2O2. The van der Waals surface area contributed by atoms with Gasteiger partial charge in [0, 0.05) is 83.5 Å². The first-order valence-corrected chi connectivity index (χ1v) is 35.5. The minimum absolute atomic E-state index is 0.0254. The molecule has 21 rings (SSSR count). The molecule has 14 aromatic carbocycles. The molecule has 1 unspecified atom stereocenters. The molecule has 4 heteroatoms. The molecule has 0 aliphatic heterocycles. The molecule has 0 bridgehead atoms. The van der Waals surface area contributed by atoms with Crippen LogP contribution in [0.25, 0.3) is 105 Å². The summed E-state index contributed by atoms with van der Waals surface area (Å²) in [6, 6.07) is 116. The summed E-state index contributed by atoms with van der Waals surface area (Å²) in [7, 11) is 0. The van der Waals surface area contributed by atoms with E-state index in [9.17, 15) is 0 Å². The molecule has 2 aromatic heterocycles. The first-order valence-electron chi connectivity index (χ1n) is 35.5. The number of fused-ring (bicyclic) bond motifs is 21. The van der Waals surface area contributed by atoms with Crippen LogP contribution < -0.4 is 9.80 Å². The monoisotopic (exact) mass is 1290 g/mol. The second-order valence-electron chi connectivity index (χ2n) is 29.4. The summed E-state index contributed by atoms with van der Waals surface area (Å²) >= 11 is 0. The third-order valence-corrected chi connectivity index (χ3v) is 23.5. The van der Waals surface area contributed by atoms with E-state index in [2.05, 4.69) is 359 Å². The van der Waals surface area contributed by atoms with Gasteiger partial charge < -0.3 is 18.6 Å². The minimum atomic E-state index is -0.465. The van der Waals surface area contributed by atoms with Gasteiger partial charge in [-0.05, 0) is 191 Å². The Labute approximate surface area is 587 Å². The standard InChI is InChI=1S/C97H68N2O2/c1-95(2)83-32-12-5-21-71(83)76-51-48-65(57-88(76)95)98(63-44-39-59(40-45-63)69-28-19-30-81-79-26-10-17-37-91(79)100-93(69)81)67-53-62(61-43-50-78-75-25-9-16-36-87(75)97(90(78)55-61)85-34-14-7-23-73(85)74-24-8-15-35-86(74)97)54-68(56-67)99(66-49-52-77-72-22-6-13-33-84(72)96(3,4)89(77)58-66)64-46-41-60(42-47-64)70-29-20-31-82-80-27-11-18-38-92(80)101-94(70)82/h5-54,56-58,61H,55H2,1-4H3. The van der Waals surface area contributed by atoms with Gasteiger partial charge in [0.15, 0.2) is 0 Å². The van der Waals surface area contributed by atoms with E-state index in [1.807, 2.05) is 0 Å². The average molecular weight is 1290 g/mol. The molecule has 5 aliphatic rings. The van der Waals surface area contributed by atoms with Crippen LogP contribution in [0.1, 0.15) is 90.1 Å². The second-order valence-corrected chi connectivity index (χ2v) is 29.4. The highest BCUT2D eigenvalue weighted by atomic mass is 16.3. The SMILES string of the molecule is CC1(C)c2ccccc2-c2ccc(N(c3ccc(-c4cccc5c4oc4ccccc45)cc3)c3cc(C4C=CC5=C(C4)C4(c6ccccc65)c5ccccc5-c5ccccc54)cc(N(c4ccc(-c5cccc6c5oc5ccccc56)cc4)c4ccc5c(c4)C(C)(C)c4ccccc4-5)c3)cc21. The van der Waals surface area contributed by atoms with Crippen molar-refractivity contribution >= 4 is 83.6 Å². The van der Waals surface area contributed by atoms with Crippen molar-refractivity contribution in [2.45, 2.75) is 56.3 Å². The number of hydrogen-bond acceptors (Lipinski definition) is 4. The Morgan fingerprint density at radius 2 is 0.663 bits per heavy atom. The molecule has 1 atom stereocenters. The normalized spacial score (nSPS) is 15.7. The van der Waals surface area contributed by atoms with Crippen molar-refractivity contribution in [2.75, 3.05) is 9.80 Å². The average Bonchev–Trinajstić information content (AvgIpc) is 1.51. The molecule has 16 aromatic rings. The lowest BCUT2D eigenvalue weighted by molar-refractivity contribution is 0.660. The molecule has 0 N–H and O–H groups in total. The summed E-state index contributed by atoms with van der Waals surface area (Å²) in [5.74, 6) is -0.0254. The lowest BCUT2D eigenvalue weighted by atomic mass is 9.66. The Balaban J connectivity index is 0.798. The van der Waals surface area contributed by atoms with E-state index in [0.717, 1.165) is 107 Å². The molecule has 0 saturated heterocycles. The summed E-state index contributed by atoms with van der Waals surface area (Å²) in [5, 5.41) is 4.47. The fraction of sp³-hybridized carbons (Fsp3) is 0.0928. The zero-order chi connectivity index (χ0) is 67.0. The van der Waals surface area contributed by atoms with Crippen molar-refractivity contribution in [3.05, 3.63) is 377 Å². The summed E-state index contributed by atoms with van der Waals surface area (Å²) in [6.45, 7) is 9.56. The topological polar surface area (TPSA) is 32.8 Å². The van der Waals surface area contributed by atoms with Crippen molar-refractivity contribution in [1.29, 1.82) is 0 Å². The third-order valence-electron chi connectivity index (χ3n) is 23.5. The van der Waals surface area contributed by atoms with Crippen molar-refractivity contribution in [3.63, 3.8) is 0 Å². The molecule has 478 valence electrons. The second kappa shape index (κ2) is 21.4. The lowest BCUT2D eigenvalue weighted by Gasteiger charge is -2.36. The maximum Gasteiger partial charge on any atom is 0.143 e. The van der Waals surface area contributed by atoms with Gasteiger partial charge in [-0.2, -0.15) is 0 Å². The molecule has 4 nitrogen and oxygen atoms in total. The van der Waals surface area contributed by atoms with E-state index in [1.165, 1.54) is 94.6 Å². The number of nitrogens with zero attached hydrogens (tertiary/aromatic N) is 2. The lowest BCUT2D eigenvalue weighted by Crippen LogP contribution is -2.28. The smallest absolute Gasteiger partial charge is 0.143 e. The fourth-order valence-corrected chi connectivity index (χ4v) is 18.8. The highest BCUT2D eigenvalue weighted by Crippen LogP contribution is 2.65. The Bertz CT molecular complexity index is 5930. The van der Waals surface area contributed by atoms with Crippen LogP contribution in [0, 0.1) is 0 Å². The van der Waals surface area contributed by atoms with Gasteiger partial charge in [0.05, 0.1) is 5.41 Å². The van der Waals surface area contributed by atoms with Gasteiger partial charge in [0.2, 0.25) is 0 Å². The highest BCUT2D eigenvalue weighted by Gasteiger charge is 2.53. The number of allylic oxidation sites excluding steroid dienone is 4. The summed E-state index contributed by atoms with van der Waals surface area (Å²) in [4.78, 5) is 5.06. The van der Waals surface area contributed by atoms with Crippen LogP contribution in [0.4, 0.5) is 34.1 Å². The van der Waals surface area contributed by atoms with Crippen LogP contribution in [0.5, 0.6) is 0 Å². The Hall–Kier alpha value is -12.2. The maximum absolute atomic E-state index is 6.71.